The van der Waals surface area contributed by atoms with E-state index in [1.54, 1.807) is 0 Å². The van der Waals surface area contributed by atoms with Crippen molar-refractivity contribution in [2.24, 2.45) is 0 Å². The lowest BCUT2D eigenvalue weighted by atomic mass is 10.0. The number of carboxylic acids is 1. The molecule has 2 aliphatic heterocycles. The van der Waals surface area contributed by atoms with E-state index in [9.17, 15) is 24.3 Å². The van der Waals surface area contributed by atoms with Gasteiger partial charge in [0.15, 0.2) is 6.04 Å². The van der Waals surface area contributed by atoms with Gasteiger partial charge in [0, 0.05) is 18.2 Å². The number of hydrogen-bond acceptors (Lipinski definition) is 9. The molecule has 1 N–H and O–H groups in total. The lowest BCUT2D eigenvalue weighted by Crippen LogP contribution is -2.71. The van der Waals surface area contributed by atoms with Gasteiger partial charge in [0.05, 0.1) is 24.7 Å². The van der Waals surface area contributed by atoms with Crippen molar-refractivity contribution in [3.63, 3.8) is 0 Å². The normalized spacial score (nSPS) is 21.1. The first-order chi connectivity index (χ1) is 12.8. The number of carboxylic acid groups (broad SMARTS) is 1. The molecule has 146 valence electrons. The van der Waals surface area contributed by atoms with E-state index < -0.39 is 35.2 Å². The van der Waals surface area contributed by atoms with Gasteiger partial charge in [-0.2, -0.15) is 5.26 Å². The predicted octanol–water partition coefficient (Wildman–Crippen LogP) is -0.181. The molecule has 1 saturated heterocycles. The number of fused-ring (bicyclic) bond motifs is 1. The van der Waals surface area contributed by atoms with Crippen molar-refractivity contribution in [3.8, 4) is 6.07 Å². The molecule has 0 bridgehead atoms. The minimum Gasteiger partial charge on any atom is -0.477 e. The highest BCUT2D eigenvalue weighted by atomic mass is 32.2. The van der Waals surface area contributed by atoms with E-state index in [2.05, 4.69) is 0 Å². The average molecular weight is 415 g/mol. The van der Waals surface area contributed by atoms with Crippen LogP contribution in [0.3, 0.4) is 0 Å². The first-order valence-corrected chi connectivity index (χ1v) is 9.88. The Kier molecular flexibility index (Phi) is 7.11. The van der Waals surface area contributed by atoms with Gasteiger partial charge in [-0.15, -0.1) is 23.5 Å². The molecule has 27 heavy (non-hydrogen) atoms. The number of esters is 1. The van der Waals surface area contributed by atoms with Crippen LogP contribution in [0.25, 0.3) is 0 Å². The SMILES string of the molecule is CON(C(=O)CSCC#N)C1C(=O)N2C(C(=O)O)=C(COC(C)=O)CSC12. The highest BCUT2D eigenvalue weighted by Crippen LogP contribution is 2.42. The molecule has 2 heterocycles. The summed E-state index contributed by atoms with van der Waals surface area (Å²) in [5, 5.41) is 18.4. The van der Waals surface area contributed by atoms with Crippen LogP contribution in [0.5, 0.6) is 0 Å². The van der Waals surface area contributed by atoms with E-state index in [4.69, 9.17) is 14.8 Å². The maximum absolute atomic E-state index is 12.6. The van der Waals surface area contributed by atoms with Crippen LogP contribution in [-0.4, -0.2) is 81.2 Å². The summed E-state index contributed by atoms with van der Waals surface area (Å²) in [6.45, 7) is 0.986. The molecule has 2 unspecified atom stereocenters. The minimum atomic E-state index is -1.31. The van der Waals surface area contributed by atoms with Crippen LogP contribution in [0.15, 0.2) is 11.3 Å². The summed E-state index contributed by atoms with van der Waals surface area (Å²) in [7, 11) is 1.25. The molecule has 0 radical (unpaired) electrons. The maximum atomic E-state index is 12.6. The summed E-state index contributed by atoms with van der Waals surface area (Å²) in [5.41, 5.74) is 0.0780. The predicted molar refractivity (Wildman–Crippen MR) is 95.0 cm³/mol. The number of amides is 2. The highest BCUT2D eigenvalue weighted by Gasteiger charge is 2.57. The summed E-state index contributed by atoms with van der Waals surface area (Å²) in [6, 6.07) is 0.941. The van der Waals surface area contributed by atoms with Gasteiger partial charge >= 0.3 is 11.9 Å². The van der Waals surface area contributed by atoms with E-state index in [0.717, 1.165) is 21.7 Å². The second-order valence-electron chi connectivity index (χ2n) is 5.45. The van der Waals surface area contributed by atoms with Gasteiger partial charge in [0.1, 0.15) is 17.7 Å². The van der Waals surface area contributed by atoms with E-state index >= 15 is 0 Å². The number of carbonyl (C=O) groups excluding carboxylic acids is 3. The van der Waals surface area contributed by atoms with Crippen molar-refractivity contribution in [3.05, 3.63) is 11.3 Å². The zero-order valence-corrected chi connectivity index (χ0v) is 16.2. The van der Waals surface area contributed by atoms with Crippen molar-refractivity contribution in [1.29, 1.82) is 5.26 Å². The fourth-order valence-electron chi connectivity index (χ4n) is 2.66. The lowest BCUT2D eigenvalue weighted by molar-refractivity contribution is -0.206. The molecule has 2 amide bonds. The van der Waals surface area contributed by atoms with Crippen LogP contribution in [-0.2, 0) is 28.8 Å². The maximum Gasteiger partial charge on any atom is 0.352 e. The molecule has 12 heteroatoms. The van der Waals surface area contributed by atoms with Gasteiger partial charge in [-0.3, -0.25) is 24.1 Å². The van der Waals surface area contributed by atoms with Crippen molar-refractivity contribution >= 4 is 47.3 Å². The van der Waals surface area contributed by atoms with Gasteiger partial charge < -0.3 is 9.84 Å². The monoisotopic (exact) mass is 415 g/mol. The standard InChI is InChI=1S/C15H17N3O7S2/c1-8(19)25-5-9-6-27-14-12(13(21)17(14)11(9)15(22)23)18(24-2)10(20)7-26-4-3-16/h12,14H,4-7H2,1-2H3,(H,22,23). The third-order valence-electron chi connectivity index (χ3n) is 3.76. The van der Waals surface area contributed by atoms with Crippen molar-refractivity contribution < 1.29 is 33.9 Å². The molecule has 0 aromatic heterocycles. The molecule has 0 saturated carbocycles. The first kappa shape index (κ1) is 21.1. The van der Waals surface area contributed by atoms with Crippen LogP contribution in [0.2, 0.25) is 0 Å². The number of thioether (sulfide) groups is 2. The Bertz CT molecular complexity index is 733. The zero-order chi connectivity index (χ0) is 20.1. The first-order valence-electron chi connectivity index (χ1n) is 7.67. The van der Waals surface area contributed by atoms with Gasteiger partial charge in [-0.05, 0) is 0 Å². The molecule has 10 nitrogen and oxygen atoms in total. The largest absolute Gasteiger partial charge is 0.477 e. The van der Waals surface area contributed by atoms with Crippen LogP contribution < -0.4 is 0 Å². The molecule has 2 aliphatic rings. The van der Waals surface area contributed by atoms with E-state index in [-0.39, 0.29) is 29.6 Å². The van der Waals surface area contributed by atoms with E-state index in [1.807, 2.05) is 6.07 Å². The van der Waals surface area contributed by atoms with Crippen LogP contribution in [0.1, 0.15) is 6.92 Å². The Morgan fingerprint density at radius 1 is 1.48 bits per heavy atom. The Balaban J connectivity index is 2.18. The third-order valence-corrected chi connectivity index (χ3v) is 5.87. The topological polar surface area (TPSA) is 137 Å². The molecular formula is C15H17N3O7S2. The Morgan fingerprint density at radius 3 is 2.74 bits per heavy atom. The number of aliphatic carboxylic acids is 1. The minimum absolute atomic E-state index is 0.0398. The van der Waals surface area contributed by atoms with Crippen LogP contribution in [0.4, 0.5) is 0 Å². The molecule has 2 rings (SSSR count). The molecule has 2 atom stereocenters. The van der Waals surface area contributed by atoms with E-state index in [0.29, 0.717) is 5.57 Å². The van der Waals surface area contributed by atoms with E-state index in [1.165, 1.54) is 25.8 Å². The van der Waals surface area contributed by atoms with Gasteiger partial charge in [-0.1, -0.05) is 0 Å². The fraction of sp³-hybridized carbons (Fsp3) is 0.533. The zero-order valence-electron chi connectivity index (χ0n) is 14.5. The summed E-state index contributed by atoms with van der Waals surface area (Å²) in [5.74, 6) is -2.63. The Labute approximate surface area is 163 Å². The quantitative estimate of drug-likeness (QED) is 0.246. The van der Waals surface area contributed by atoms with Crippen molar-refractivity contribution in [1.82, 2.24) is 9.96 Å². The summed E-state index contributed by atoms with van der Waals surface area (Å²) in [4.78, 5) is 53.7. The molecular weight excluding hydrogens is 398 g/mol. The van der Waals surface area contributed by atoms with Crippen molar-refractivity contribution in [2.45, 2.75) is 18.3 Å². The number of β-lactam (4-membered cyclic amide) rings is 1. The fourth-order valence-corrected chi connectivity index (χ4v) is 4.52. The number of ether oxygens (including phenoxy) is 1. The molecule has 0 aliphatic carbocycles. The number of nitriles is 1. The number of carbonyl (C=O) groups is 4. The summed E-state index contributed by atoms with van der Waals surface area (Å²) >= 11 is 2.34. The van der Waals surface area contributed by atoms with Gasteiger partial charge in [0.25, 0.3) is 11.8 Å². The number of rotatable bonds is 8. The summed E-state index contributed by atoms with van der Waals surface area (Å²) < 4.78 is 4.86. The van der Waals surface area contributed by atoms with Crippen LogP contribution in [0, 0.1) is 11.3 Å². The van der Waals surface area contributed by atoms with Crippen molar-refractivity contribution in [2.75, 3.05) is 31.0 Å². The highest BCUT2D eigenvalue weighted by molar-refractivity contribution is 8.00. The smallest absolute Gasteiger partial charge is 0.352 e. The van der Waals surface area contributed by atoms with Crippen LogP contribution >= 0.6 is 23.5 Å². The number of hydroxylamine groups is 2. The summed E-state index contributed by atoms with van der Waals surface area (Å²) in [6.07, 6.45) is 0. The molecule has 0 aromatic carbocycles. The van der Waals surface area contributed by atoms with Gasteiger partial charge in [-0.25, -0.2) is 9.86 Å². The molecule has 0 aromatic rings. The Hall–Kier alpha value is -2.23. The number of hydrogen-bond donors (Lipinski definition) is 1. The average Bonchev–Trinajstić information content (AvgIpc) is 2.63. The second-order valence-corrected chi connectivity index (χ2v) is 7.54. The Morgan fingerprint density at radius 2 is 2.19 bits per heavy atom. The van der Waals surface area contributed by atoms with Gasteiger partial charge in [0.2, 0.25) is 0 Å². The molecule has 0 spiro atoms. The molecule has 1 fully saturated rings. The second kappa shape index (κ2) is 9.12. The lowest BCUT2D eigenvalue weighted by Gasteiger charge is -2.51. The third kappa shape index (κ3) is 4.37. The number of nitrogens with zero attached hydrogens (tertiary/aromatic N) is 3.